The van der Waals surface area contributed by atoms with Gasteiger partial charge in [0.25, 0.3) is 0 Å². The number of nitrogens with one attached hydrogen (secondary N) is 2. The summed E-state index contributed by atoms with van der Waals surface area (Å²) in [6.45, 7) is 1.34. The molecule has 1 heterocycles. The Kier molecular flexibility index (Phi) is 8.59. The highest BCUT2D eigenvalue weighted by molar-refractivity contribution is 5.78. The monoisotopic (exact) mass is 488 g/mol. The molecule has 1 saturated heterocycles. The number of carbonyl (C=O) groups is 1. The van der Waals surface area contributed by atoms with Crippen LogP contribution in [0, 0.1) is 5.92 Å². The van der Waals surface area contributed by atoms with Crippen LogP contribution in [0.4, 0.5) is 26.3 Å². The van der Waals surface area contributed by atoms with Crippen molar-refractivity contribution in [3.63, 3.8) is 0 Å². The zero-order chi connectivity index (χ0) is 24.8. The number of rotatable bonds is 8. The van der Waals surface area contributed by atoms with E-state index in [9.17, 15) is 31.1 Å². The Hall–Kier alpha value is -2.59. The first-order valence-electron chi connectivity index (χ1n) is 10.9. The molecule has 34 heavy (non-hydrogen) atoms. The van der Waals surface area contributed by atoms with Gasteiger partial charge < -0.3 is 15.4 Å². The Morgan fingerprint density at radius 2 is 1.56 bits per heavy atom. The lowest BCUT2D eigenvalue weighted by atomic mass is 9.96. The van der Waals surface area contributed by atoms with Crippen molar-refractivity contribution in [3.8, 4) is 0 Å². The van der Waals surface area contributed by atoms with Gasteiger partial charge in [0.1, 0.15) is 0 Å². The predicted octanol–water partition coefficient (Wildman–Crippen LogP) is 5.14. The van der Waals surface area contributed by atoms with Gasteiger partial charge in [-0.1, -0.05) is 30.3 Å². The first-order chi connectivity index (χ1) is 16.0. The first-order valence-corrected chi connectivity index (χ1v) is 10.9. The van der Waals surface area contributed by atoms with Gasteiger partial charge in [-0.25, -0.2) is 0 Å². The van der Waals surface area contributed by atoms with E-state index in [4.69, 9.17) is 4.74 Å². The molecule has 0 aliphatic carbocycles. The molecule has 1 aliphatic heterocycles. The Balaban J connectivity index is 1.67. The zero-order valence-electron chi connectivity index (χ0n) is 18.3. The van der Waals surface area contributed by atoms with Gasteiger partial charge in [-0.15, -0.1) is 0 Å². The lowest BCUT2D eigenvalue weighted by Gasteiger charge is -2.24. The molecule has 1 atom stereocenters. The van der Waals surface area contributed by atoms with Gasteiger partial charge in [-0.2, -0.15) is 26.3 Å². The normalized spacial score (nSPS) is 16.3. The number of piperidine rings is 1. The van der Waals surface area contributed by atoms with Crippen LogP contribution in [0.25, 0.3) is 0 Å². The van der Waals surface area contributed by atoms with Gasteiger partial charge >= 0.3 is 12.4 Å². The van der Waals surface area contributed by atoms with Gasteiger partial charge in [-0.3, -0.25) is 4.79 Å². The molecule has 2 aromatic carbocycles. The van der Waals surface area contributed by atoms with Crippen LogP contribution in [0.5, 0.6) is 0 Å². The molecule has 1 fully saturated rings. The first kappa shape index (κ1) is 26.0. The Labute approximate surface area is 193 Å². The quantitative estimate of drug-likeness (QED) is 0.506. The standard InChI is InChI=1S/C24H26F6N2O2/c25-23(26,27)20-10-16(11-21(12-20)24(28,29)30)14-34-15-19(17-4-2-1-3-5-17)13-32-22(33)18-6-8-31-9-7-18/h1-5,10-12,18-19,31H,6-9,13-15H2,(H,32,33). The molecule has 0 bridgehead atoms. The summed E-state index contributed by atoms with van der Waals surface area (Å²) in [5, 5.41) is 6.10. The van der Waals surface area contributed by atoms with E-state index in [2.05, 4.69) is 10.6 Å². The molecule has 0 saturated carbocycles. The minimum Gasteiger partial charge on any atom is -0.376 e. The highest BCUT2D eigenvalue weighted by atomic mass is 19.4. The maximum absolute atomic E-state index is 13.1. The van der Waals surface area contributed by atoms with Crippen LogP contribution >= 0.6 is 0 Å². The van der Waals surface area contributed by atoms with Crippen molar-refractivity contribution < 1.29 is 35.9 Å². The summed E-state index contributed by atoms with van der Waals surface area (Å²) in [6, 6.07) is 10.5. The number of benzene rings is 2. The number of hydrogen-bond acceptors (Lipinski definition) is 3. The molecule has 1 aliphatic rings. The molecule has 2 N–H and O–H groups in total. The summed E-state index contributed by atoms with van der Waals surface area (Å²) in [7, 11) is 0. The van der Waals surface area contributed by atoms with Crippen molar-refractivity contribution in [2.45, 2.75) is 37.7 Å². The van der Waals surface area contributed by atoms with Crippen molar-refractivity contribution in [1.29, 1.82) is 0 Å². The van der Waals surface area contributed by atoms with Gasteiger partial charge in [0, 0.05) is 18.4 Å². The third-order valence-electron chi connectivity index (χ3n) is 5.74. The Morgan fingerprint density at radius 3 is 2.12 bits per heavy atom. The maximum Gasteiger partial charge on any atom is 0.416 e. The van der Waals surface area contributed by atoms with Crippen LogP contribution in [0.2, 0.25) is 0 Å². The molecule has 2 aromatic rings. The summed E-state index contributed by atoms with van der Waals surface area (Å²) in [5.74, 6) is -0.487. The minimum absolute atomic E-state index is 0.00805. The minimum atomic E-state index is -4.92. The molecule has 0 aromatic heterocycles. The van der Waals surface area contributed by atoms with Gasteiger partial charge in [0.05, 0.1) is 24.3 Å². The summed E-state index contributed by atoms with van der Waals surface area (Å²) >= 11 is 0. The third-order valence-corrected chi connectivity index (χ3v) is 5.74. The van der Waals surface area contributed by atoms with Crippen molar-refractivity contribution in [2.75, 3.05) is 26.2 Å². The molecule has 10 heteroatoms. The van der Waals surface area contributed by atoms with E-state index in [1.54, 1.807) is 12.1 Å². The summed E-state index contributed by atoms with van der Waals surface area (Å²) < 4.78 is 84.1. The maximum atomic E-state index is 13.1. The van der Waals surface area contributed by atoms with E-state index < -0.39 is 30.1 Å². The zero-order valence-corrected chi connectivity index (χ0v) is 18.3. The summed E-state index contributed by atoms with van der Waals surface area (Å²) in [4.78, 5) is 12.5. The number of halogens is 6. The second-order valence-corrected chi connectivity index (χ2v) is 8.31. The summed E-state index contributed by atoms with van der Waals surface area (Å²) in [5.41, 5.74) is -2.15. The van der Waals surface area contributed by atoms with Crippen LogP contribution in [0.3, 0.4) is 0 Å². The van der Waals surface area contributed by atoms with Crippen LogP contribution in [0.15, 0.2) is 48.5 Å². The number of amides is 1. The molecule has 0 spiro atoms. The van der Waals surface area contributed by atoms with E-state index in [1.807, 2.05) is 18.2 Å². The lowest BCUT2D eigenvalue weighted by Crippen LogP contribution is -2.40. The largest absolute Gasteiger partial charge is 0.416 e. The van der Waals surface area contributed by atoms with Crippen molar-refractivity contribution in [3.05, 3.63) is 70.8 Å². The Morgan fingerprint density at radius 1 is 0.971 bits per heavy atom. The molecule has 3 rings (SSSR count). The number of carbonyl (C=O) groups excluding carboxylic acids is 1. The van der Waals surface area contributed by atoms with E-state index in [1.165, 1.54) is 0 Å². The van der Waals surface area contributed by atoms with Crippen LogP contribution in [0.1, 0.15) is 41.0 Å². The molecular formula is C24H26F6N2O2. The molecule has 4 nitrogen and oxygen atoms in total. The van der Waals surface area contributed by atoms with Crippen LogP contribution < -0.4 is 10.6 Å². The van der Waals surface area contributed by atoms with Gasteiger partial charge in [-0.05, 0) is 55.3 Å². The highest BCUT2D eigenvalue weighted by Gasteiger charge is 2.36. The van der Waals surface area contributed by atoms with Crippen molar-refractivity contribution >= 4 is 5.91 Å². The molecule has 0 radical (unpaired) electrons. The second-order valence-electron chi connectivity index (χ2n) is 8.31. The SMILES string of the molecule is O=C(NCC(COCc1cc(C(F)(F)F)cc(C(F)(F)F)c1)c1ccccc1)C1CCNCC1. The van der Waals surface area contributed by atoms with Crippen molar-refractivity contribution in [1.82, 2.24) is 10.6 Å². The number of ether oxygens (including phenoxy) is 1. The Bertz CT molecular complexity index is 908. The number of alkyl halides is 6. The second kappa shape index (κ2) is 11.2. The van der Waals surface area contributed by atoms with Gasteiger partial charge in [0.15, 0.2) is 0 Å². The molecule has 1 amide bonds. The van der Waals surface area contributed by atoms with Crippen LogP contribution in [-0.2, 0) is 28.5 Å². The van der Waals surface area contributed by atoms with E-state index in [0.29, 0.717) is 12.1 Å². The number of hydrogen-bond donors (Lipinski definition) is 2. The topological polar surface area (TPSA) is 50.4 Å². The average molecular weight is 488 g/mol. The lowest BCUT2D eigenvalue weighted by molar-refractivity contribution is -0.143. The summed E-state index contributed by atoms with van der Waals surface area (Å²) in [6.07, 6.45) is -8.37. The fraction of sp³-hybridized carbons (Fsp3) is 0.458. The average Bonchev–Trinajstić information content (AvgIpc) is 2.81. The molecular weight excluding hydrogens is 462 g/mol. The third kappa shape index (κ3) is 7.46. The highest BCUT2D eigenvalue weighted by Crippen LogP contribution is 2.36. The smallest absolute Gasteiger partial charge is 0.376 e. The molecule has 1 unspecified atom stereocenters. The van der Waals surface area contributed by atoms with E-state index in [-0.39, 0.29) is 42.5 Å². The predicted molar refractivity (Wildman–Crippen MR) is 114 cm³/mol. The fourth-order valence-electron chi connectivity index (χ4n) is 3.87. The van der Waals surface area contributed by atoms with E-state index in [0.717, 1.165) is 31.5 Å². The molecule has 186 valence electrons. The van der Waals surface area contributed by atoms with Crippen molar-refractivity contribution in [2.24, 2.45) is 5.92 Å². The fourth-order valence-corrected chi connectivity index (χ4v) is 3.87. The van der Waals surface area contributed by atoms with E-state index >= 15 is 0 Å². The van der Waals surface area contributed by atoms with Crippen LogP contribution in [-0.4, -0.2) is 32.1 Å². The van der Waals surface area contributed by atoms with Gasteiger partial charge in [0.2, 0.25) is 5.91 Å².